The molecule has 31 heavy (non-hydrogen) atoms. The molecule has 0 aliphatic heterocycles. The van der Waals surface area contributed by atoms with E-state index in [2.05, 4.69) is 25.7 Å². The molecule has 3 rings (SSSR count). The summed E-state index contributed by atoms with van der Waals surface area (Å²) in [4.78, 5) is 25.2. The molecule has 11 heteroatoms. The van der Waals surface area contributed by atoms with Crippen molar-refractivity contribution < 1.29 is 14.4 Å². The van der Waals surface area contributed by atoms with Gasteiger partial charge < -0.3 is 9.47 Å². The lowest BCUT2D eigenvalue weighted by molar-refractivity contribution is -0.384. The van der Waals surface area contributed by atoms with Crippen LogP contribution in [0.4, 0.5) is 11.6 Å². The van der Waals surface area contributed by atoms with Crippen LogP contribution < -0.4 is 20.5 Å². The van der Waals surface area contributed by atoms with Crippen LogP contribution in [0.1, 0.15) is 23.7 Å². The third-order valence-electron chi connectivity index (χ3n) is 4.41. The Bertz CT molecular complexity index is 1170. The molecule has 11 nitrogen and oxygen atoms in total. The summed E-state index contributed by atoms with van der Waals surface area (Å²) in [6.45, 7) is 1.71. The van der Waals surface area contributed by atoms with E-state index in [1.54, 1.807) is 38.3 Å². The predicted octanol–water partition coefficient (Wildman–Crippen LogP) is 2.52. The number of H-pyrrole nitrogens is 1. The molecule has 0 atom stereocenters. The van der Waals surface area contributed by atoms with Crippen LogP contribution in [0.3, 0.4) is 0 Å². The number of rotatable bonds is 8. The minimum absolute atomic E-state index is 0.00947. The SMILES string of the molecule is COc1ccc(Cc2nnc(N/N=C(\C)c3ccc([N+](=O)[O-])cc3)[nH]c2=O)cc1OC. The van der Waals surface area contributed by atoms with Crippen LogP contribution in [0.25, 0.3) is 0 Å². The van der Waals surface area contributed by atoms with Gasteiger partial charge in [-0.1, -0.05) is 6.07 Å². The lowest BCUT2D eigenvalue weighted by atomic mass is 10.1. The van der Waals surface area contributed by atoms with Crippen LogP contribution in [-0.2, 0) is 6.42 Å². The topological polar surface area (TPSA) is 145 Å². The summed E-state index contributed by atoms with van der Waals surface area (Å²) in [6, 6.07) is 11.3. The first kappa shape index (κ1) is 21.4. The first-order chi connectivity index (χ1) is 14.9. The molecular weight excluding hydrogens is 404 g/mol. The molecule has 0 saturated heterocycles. The van der Waals surface area contributed by atoms with Crippen LogP contribution in [0.2, 0.25) is 0 Å². The van der Waals surface area contributed by atoms with E-state index >= 15 is 0 Å². The standard InChI is InChI=1S/C20H20N6O5/c1-12(14-5-7-15(8-6-14)26(28)29)22-24-20-21-19(27)16(23-25-20)10-13-4-9-17(30-2)18(11-13)31-3/h4-9,11H,10H2,1-3H3,(H2,21,24,25,27)/b22-12+. The summed E-state index contributed by atoms with van der Waals surface area (Å²) in [6.07, 6.45) is 0.258. The second kappa shape index (κ2) is 9.48. The smallest absolute Gasteiger partial charge is 0.274 e. The van der Waals surface area contributed by atoms with Gasteiger partial charge in [0.1, 0.15) is 5.69 Å². The number of hydrogen-bond acceptors (Lipinski definition) is 9. The van der Waals surface area contributed by atoms with Gasteiger partial charge in [0, 0.05) is 18.6 Å². The number of nitrogens with one attached hydrogen (secondary N) is 2. The Kier molecular flexibility index (Phi) is 6.55. The van der Waals surface area contributed by atoms with Crippen molar-refractivity contribution in [2.75, 3.05) is 19.6 Å². The van der Waals surface area contributed by atoms with Crippen molar-refractivity contribution in [2.45, 2.75) is 13.3 Å². The normalized spacial score (nSPS) is 11.1. The van der Waals surface area contributed by atoms with Gasteiger partial charge in [-0.25, -0.2) is 5.43 Å². The zero-order chi connectivity index (χ0) is 22.4. The van der Waals surface area contributed by atoms with Gasteiger partial charge in [-0.2, -0.15) is 5.10 Å². The van der Waals surface area contributed by atoms with Gasteiger partial charge in [0.15, 0.2) is 11.5 Å². The molecule has 0 bridgehead atoms. The van der Waals surface area contributed by atoms with E-state index in [1.165, 1.54) is 19.2 Å². The largest absolute Gasteiger partial charge is 0.493 e. The van der Waals surface area contributed by atoms with Crippen LogP contribution in [-0.4, -0.2) is 40.0 Å². The van der Waals surface area contributed by atoms with Crippen molar-refractivity contribution in [3.05, 3.63) is 79.8 Å². The van der Waals surface area contributed by atoms with Gasteiger partial charge >= 0.3 is 0 Å². The van der Waals surface area contributed by atoms with Crippen LogP contribution in [0.15, 0.2) is 52.4 Å². The molecule has 0 amide bonds. The lowest BCUT2D eigenvalue weighted by Crippen LogP contribution is -2.19. The van der Waals surface area contributed by atoms with Crippen molar-refractivity contribution in [2.24, 2.45) is 5.10 Å². The monoisotopic (exact) mass is 424 g/mol. The highest BCUT2D eigenvalue weighted by atomic mass is 16.6. The number of hydrogen-bond donors (Lipinski definition) is 2. The molecule has 3 aromatic rings. The summed E-state index contributed by atoms with van der Waals surface area (Å²) in [5.41, 5.74) is 4.49. The second-order valence-electron chi connectivity index (χ2n) is 6.43. The Morgan fingerprint density at radius 2 is 1.84 bits per heavy atom. The van der Waals surface area contributed by atoms with Crippen LogP contribution in [0.5, 0.6) is 11.5 Å². The fraction of sp³-hybridized carbons (Fsp3) is 0.200. The molecule has 2 aromatic carbocycles. The highest BCUT2D eigenvalue weighted by molar-refractivity contribution is 5.99. The second-order valence-corrected chi connectivity index (χ2v) is 6.43. The summed E-state index contributed by atoms with van der Waals surface area (Å²) >= 11 is 0. The first-order valence-electron chi connectivity index (χ1n) is 9.13. The highest BCUT2D eigenvalue weighted by Gasteiger charge is 2.10. The molecule has 0 aliphatic rings. The van der Waals surface area contributed by atoms with E-state index in [1.807, 2.05) is 6.07 Å². The number of methoxy groups -OCH3 is 2. The Labute approximate surface area is 176 Å². The molecule has 0 aliphatic carbocycles. The van der Waals surface area contributed by atoms with E-state index < -0.39 is 10.5 Å². The molecule has 160 valence electrons. The molecule has 1 heterocycles. The van der Waals surface area contributed by atoms with Crippen molar-refractivity contribution in [1.82, 2.24) is 15.2 Å². The zero-order valence-electron chi connectivity index (χ0n) is 17.1. The number of nitrogens with zero attached hydrogens (tertiary/aromatic N) is 4. The van der Waals surface area contributed by atoms with Crippen LogP contribution in [0, 0.1) is 10.1 Å². The fourth-order valence-electron chi connectivity index (χ4n) is 2.74. The number of benzene rings is 2. The molecular formula is C20H20N6O5. The van der Waals surface area contributed by atoms with E-state index in [9.17, 15) is 14.9 Å². The van der Waals surface area contributed by atoms with E-state index in [4.69, 9.17) is 9.47 Å². The molecule has 1 aromatic heterocycles. The average molecular weight is 424 g/mol. The van der Waals surface area contributed by atoms with Crippen molar-refractivity contribution in [1.29, 1.82) is 0 Å². The van der Waals surface area contributed by atoms with Gasteiger partial charge in [0.05, 0.1) is 24.9 Å². The van der Waals surface area contributed by atoms with Gasteiger partial charge in [0.25, 0.3) is 11.2 Å². The molecule has 0 fully saturated rings. The third kappa shape index (κ3) is 5.21. The van der Waals surface area contributed by atoms with Gasteiger partial charge in [-0.05, 0) is 42.3 Å². The molecule has 2 N–H and O–H groups in total. The molecule has 0 unspecified atom stereocenters. The Balaban J connectivity index is 1.71. The number of anilines is 1. The Hall–Kier alpha value is -4.28. The summed E-state index contributed by atoms with van der Waals surface area (Å²) in [7, 11) is 3.08. The number of non-ortho nitro benzene ring substituents is 1. The summed E-state index contributed by atoms with van der Waals surface area (Å²) in [5, 5.41) is 22.8. The number of nitro benzene ring substituents is 1. The number of aromatic nitrogens is 3. The van der Waals surface area contributed by atoms with Gasteiger partial charge in [-0.3, -0.25) is 19.9 Å². The summed E-state index contributed by atoms with van der Waals surface area (Å²) in [5.74, 6) is 1.22. The third-order valence-corrected chi connectivity index (χ3v) is 4.41. The van der Waals surface area contributed by atoms with Crippen molar-refractivity contribution >= 4 is 17.3 Å². The maximum atomic E-state index is 12.4. The Morgan fingerprint density at radius 3 is 2.45 bits per heavy atom. The number of hydrazone groups is 1. The minimum atomic E-state index is -0.474. The average Bonchev–Trinajstić information content (AvgIpc) is 2.79. The van der Waals surface area contributed by atoms with Crippen LogP contribution >= 0.6 is 0 Å². The molecule has 0 saturated carbocycles. The number of nitro groups is 1. The number of ether oxygens (including phenoxy) is 2. The van der Waals surface area contributed by atoms with E-state index in [0.717, 1.165) is 5.56 Å². The quantitative estimate of drug-likeness (QED) is 0.319. The van der Waals surface area contributed by atoms with Gasteiger partial charge in [-0.15, -0.1) is 10.2 Å². The first-order valence-corrected chi connectivity index (χ1v) is 9.13. The van der Waals surface area contributed by atoms with E-state index in [-0.39, 0.29) is 23.8 Å². The zero-order valence-corrected chi connectivity index (χ0v) is 17.1. The minimum Gasteiger partial charge on any atom is -0.493 e. The fourth-order valence-corrected chi connectivity index (χ4v) is 2.74. The maximum absolute atomic E-state index is 12.4. The van der Waals surface area contributed by atoms with Gasteiger partial charge in [0.2, 0.25) is 5.95 Å². The van der Waals surface area contributed by atoms with Crippen molar-refractivity contribution in [3.63, 3.8) is 0 Å². The Morgan fingerprint density at radius 1 is 1.13 bits per heavy atom. The lowest BCUT2D eigenvalue weighted by Gasteiger charge is -2.09. The number of aromatic amines is 1. The molecule has 0 spiro atoms. The highest BCUT2D eigenvalue weighted by Crippen LogP contribution is 2.28. The molecule has 0 radical (unpaired) electrons. The maximum Gasteiger partial charge on any atom is 0.274 e. The van der Waals surface area contributed by atoms with Crippen molar-refractivity contribution in [3.8, 4) is 11.5 Å². The predicted molar refractivity (Wildman–Crippen MR) is 114 cm³/mol. The summed E-state index contributed by atoms with van der Waals surface area (Å²) < 4.78 is 10.5. The van der Waals surface area contributed by atoms with E-state index in [0.29, 0.717) is 22.8 Å².